The van der Waals surface area contributed by atoms with Gasteiger partial charge < -0.3 is 80.8 Å². The van der Waals surface area contributed by atoms with E-state index in [0.717, 1.165) is 0 Å². The van der Waals surface area contributed by atoms with Crippen LogP contribution in [-0.2, 0) is 81.5 Å². The molecule has 0 aromatic rings. The Morgan fingerprint density at radius 1 is 0.613 bits per heavy atom. The number of nitrogens with zero attached hydrogens (tertiary/aromatic N) is 3. The SMILES string of the molecule is O=C([O-])CC(O)(CC(=O)[O-])C(=O)[O-].O=[N+]([O-])[O-].O=[N+]([O-])[O-].O=[N+]([O-])[O-].[Ag+].[Ag+].[Ag+].[Na+].[Na+].[Na+]. The molecule has 0 saturated heterocycles. The fraction of sp³-hybridized carbons (Fsp3) is 0.500. The van der Waals surface area contributed by atoms with E-state index in [2.05, 4.69) is 0 Å². The molecule has 19 nitrogen and oxygen atoms in total. The van der Waals surface area contributed by atoms with Crippen molar-refractivity contribution >= 4 is 17.9 Å². The zero-order valence-electron chi connectivity index (χ0n) is 15.2. The number of rotatable bonds is 5. The second-order valence-electron chi connectivity index (χ2n) is 3.09. The van der Waals surface area contributed by atoms with Crippen molar-refractivity contribution in [3.8, 4) is 0 Å². The van der Waals surface area contributed by atoms with Crippen molar-refractivity contribution in [2.24, 2.45) is 0 Å². The average molecular weight is 768 g/mol. The van der Waals surface area contributed by atoms with Crippen LogP contribution in [0.25, 0.3) is 0 Å². The van der Waals surface area contributed by atoms with E-state index in [0.29, 0.717) is 0 Å². The van der Waals surface area contributed by atoms with Gasteiger partial charge in [-0.05, 0) is 0 Å². The number of hydrogen-bond acceptors (Lipinski definition) is 16. The molecule has 0 aliphatic carbocycles. The predicted octanol–water partition coefficient (Wildman–Crippen LogP) is -15.0. The van der Waals surface area contributed by atoms with E-state index in [1.165, 1.54) is 0 Å². The normalized spacial score (nSPS) is 6.87. The molecule has 176 valence electrons. The monoisotopic (exact) mass is 765 g/mol. The Labute approximate surface area is 284 Å². The van der Waals surface area contributed by atoms with Gasteiger partial charge in [0.1, 0.15) is 5.60 Å². The molecule has 0 saturated carbocycles. The van der Waals surface area contributed by atoms with Crippen LogP contribution in [0.4, 0.5) is 0 Å². The van der Waals surface area contributed by atoms with E-state index in [4.69, 9.17) is 51.1 Å². The number of carboxylic acids is 3. The molecule has 0 aliphatic rings. The first-order valence-corrected chi connectivity index (χ1v) is 4.76. The van der Waals surface area contributed by atoms with E-state index in [1.54, 1.807) is 0 Å². The van der Waals surface area contributed by atoms with Crippen LogP contribution >= 0.6 is 0 Å². The second-order valence-corrected chi connectivity index (χ2v) is 3.09. The summed E-state index contributed by atoms with van der Waals surface area (Å²) in [6.45, 7) is 0. The molecule has 1 N–H and O–H groups in total. The van der Waals surface area contributed by atoms with E-state index in [-0.39, 0.29) is 156 Å². The Morgan fingerprint density at radius 3 is 0.806 bits per heavy atom. The third kappa shape index (κ3) is 89.9. The van der Waals surface area contributed by atoms with Gasteiger partial charge in [0, 0.05) is 24.8 Å². The maximum atomic E-state index is 10.1. The van der Waals surface area contributed by atoms with Crippen molar-refractivity contribution in [3.05, 3.63) is 46.0 Å². The molecular weight excluding hydrogens is 763 g/mol. The van der Waals surface area contributed by atoms with E-state index in [9.17, 15) is 29.7 Å². The zero-order chi connectivity index (χ0) is 21.4. The Hall–Kier alpha value is 1.19. The van der Waals surface area contributed by atoms with Gasteiger partial charge in [0.05, 0.1) is 21.2 Å². The minimum absolute atomic E-state index is 0. The van der Waals surface area contributed by atoms with Crippen molar-refractivity contribution in [1.29, 1.82) is 0 Å². The molecule has 0 bridgehead atoms. The number of hydrogen-bond donors (Lipinski definition) is 1. The van der Waals surface area contributed by atoms with Gasteiger partial charge in [-0.1, -0.05) is 0 Å². The molecular formula is C6H5Ag3N3Na3O16. The van der Waals surface area contributed by atoms with Crippen LogP contribution in [-0.4, -0.2) is 43.9 Å². The molecule has 0 atom stereocenters. The molecule has 0 spiro atoms. The van der Waals surface area contributed by atoms with Gasteiger partial charge in [0.25, 0.3) is 0 Å². The fourth-order valence-electron chi connectivity index (χ4n) is 0.684. The summed E-state index contributed by atoms with van der Waals surface area (Å²) in [6, 6.07) is 0. The van der Waals surface area contributed by atoms with Crippen LogP contribution < -0.4 is 104 Å². The summed E-state index contributed by atoms with van der Waals surface area (Å²) in [4.78, 5) is 54.7. The summed E-state index contributed by atoms with van der Waals surface area (Å²) in [7, 11) is 0. The summed E-state index contributed by atoms with van der Waals surface area (Å²) in [6.07, 6.45) is -2.72. The smallest absolute Gasteiger partial charge is 0.550 e. The van der Waals surface area contributed by atoms with Gasteiger partial charge in [-0.15, -0.1) is 0 Å². The van der Waals surface area contributed by atoms with Gasteiger partial charge >= 0.3 is 156 Å². The molecule has 0 aromatic heterocycles. The molecule has 0 rings (SSSR count). The molecule has 0 aliphatic heterocycles. The molecule has 25 heteroatoms. The van der Waals surface area contributed by atoms with Crippen molar-refractivity contribution in [2.45, 2.75) is 18.4 Å². The summed E-state index contributed by atoms with van der Waals surface area (Å²) in [5.74, 6) is -5.98. The number of carboxylic acid groups (broad SMARTS) is 3. The summed E-state index contributed by atoms with van der Waals surface area (Å²) < 4.78 is 0. The van der Waals surface area contributed by atoms with Crippen LogP contribution in [0.1, 0.15) is 12.8 Å². The minimum Gasteiger partial charge on any atom is -0.550 e. The molecule has 31 heavy (non-hydrogen) atoms. The van der Waals surface area contributed by atoms with Gasteiger partial charge in [-0.2, -0.15) is 0 Å². The van der Waals surface area contributed by atoms with Crippen molar-refractivity contribution in [2.75, 3.05) is 0 Å². The largest absolute Gasteiger partial charge is 1.00 e. The Bertz CT molecular complexity index is 458. The van der Waals surface area contributed by atoms with Crippen molar-refractivity contribution in [1.82, 2.24) is 0 Å². The molecule has 0 radical (unpaired) electrons. The van der Waals surface area contributed by atoms with Crippen LogP contribution in [0.3, 0.4) is 0 Å². The maximum Gasteiger partial charge on any atom is 1.00 e. The molecule has 0 unspecified atom stereocenters. The van der Waals surface area contributed by atoms with E-state index < -0.39 is 51.6 Å². The third-order valence-electron chi connectivity index (χ3n) is 1.25. The Kier molecular flexibility index (Phi) is 78.9. The van der Waals surface area contributed by atoms with E-state index >= 15 is 0 Å². The summed E-state index contributed by atoms with van der Waals surface area (Å²) in [5, 5.41) is 83.2. The van der Waals surface area contributed by atoms with Gasteiger partial charge in [-0.25, -0.2) is 0 Å². The number of aliphatic carboxylic acids is 3. The Balaban J connectivity index is -0.0000000262. The number of aliphatic hydroxyl groups is 1. The fourth-order valence-corrected chi connectivity index (χ4v) is 0.684. The maximum absolute atomic E-state index is 10.1. The standard InChI is InChI=1S/C6H8O7.3Ag.3NO3.3Na/c7-3(8)1-6(13,5(11)12)2-4(9)10;;;;3*2-1(3)4;;;/h13H,1-2H2,(H,7,8)(H,9,10)(H,11,12);;;;;;;;;/q;3*+1;3*-1;3*+1/p-3. The van der Waals surface area contributed by atoms with Crippen LogP contribution in [0.5, 0.6) is 0 Å². The van der Waals surface area contributed by atoms with Crippen LogP contribution in [0, 0.1) is 46.0 Å². The van der Waals surface area contributed by atoms with Crippen molar-refractivity contribution in [3.63, 3.8) is 0 Å². The third-order valence-corrected chi connectivity index (χ3v) is 1.25. The number of carbonyl (C=O) groups excluding carboxylic acids is 3. The molecule has 0 amide bonds. The zero-order valence-corrected chi connectivity index (χ0v) is 25.7. The molecule has 0 heterocycles. The topological polar surface area (TPSA) is 339 Å². The first-order valence-electron chi connectivity index (χ1n) is 4.76. The van der Waals surface area contributed by atoms with Crippen molar-refractivity contribution < 1.29 is 206 Å². The minimum atomic E-state index is -2.97. The van der Waals surface area contributed by atoms with Gasteiger partial charge in [-0.3, -0.25) is 0 Å². The Morgan fingerprint density at radius 2 is 0.742 bits per heavy atom. The quantitative estimate of drug-likeness (QED) is 0.154. The summed E-state index contributed by atoms with van der Waals surface area (Å²) in [5.41, 5.74) is -2.97. The van der Waals surface area contributed by atoms with Gasteiger partial charge in [0.15, 0.2) is 0 Å². The van der Waals surface area contributed by atoms with Gasteiger partial charge in [0.2, 0.25) is 0 Å². The first kappa shape index (κ1) is 63.6. The first-order chi connectivity index (χ1) is 11.0. The predicted molar refractivity (Wildman–Crippen MR) is 60.3 cm³/mol. The average Bonchev–Trinajstić information content (AvgIpc) is 2.22. The van der Waals surface area contributed by atoms with Crippen LogP contribution in [0.2, 0.25) is 0 Å². The molecule has 0 aromatic carbocycles. The van der Waals surface area contributed by atoms with Crippen LogP contribution in [0.15, 0.2) is 0 Å². The van der Waals surface area contributed by atoms with E-state index in [1.807, 2.05) is 0 Å². The summed E-state index contributed by atoms with van der Waals surface area (Å²) >= 11 is 0. The molecule has 0 fully saturated rings. The number of carbonyl (C=O) groups is 3. The second kappa shape index (κ2) is 38.5.